The van der Waals surface area contributed by atoms with Crippen LogP contribution in [0.4, 0.5) is 0 Å². The highest BCUT2D eigenvalue weighted by molar-refractivity contribution is 7.71. The summed E-state index contributed by atoms with van der Waals surface area (Å²) in [6, 6.07) is 1.97. The molecule has 0 saturated heterocycles. The number of aryl methyl sites for hydroxylation is 3. The lowest BCUT2D eigenvalue weighted by molar-refractivity contribution is 1.07. The molecular formula is C10H11N3S. The molecule has 0 spiro atoms. The Bertz CT molecular complexity index is 557. The molecule has 0 amide bonds. The van der Waals surface area contributed by atoms with E-state index in [-0.39, 0.29) is 0 Å². The third-order valence-electron chi connectivity index (χ3n) is 2.28. The first-order valence-electron chi connectivity index (χ1n) is 4.43. The highest BCUT2D eigenvalue weighted by Crippen LogP contribution is 2.12. The van der Waals surface area contributed by atoms with Gasteiger partial charge in [-0.15, -0.1) is 0 Å². The Morgan fingerprint density at radius 1 is 1.14 bits per heavy atom. The van der Waals surface area contributed by atoms with Gasteiger partial charge in [-0.1, -0.05) is 12.2 Å². The Balaban J connectivity index is 2.90. The molecule has 1 N–H and O–H groups in total. The molecule has 0 unspecified atom stereocenters. The zero-order chi connectivity index (χ0) is 10.3. The Morgan fingerprint density at radius 3 is 2.50 bits per heavy atom. The number of aromatic nitrogens is 3. The molecule has 2 heterocycles. The van der Waals surface area contributed by atoms with E-state index in [4.69, 9.17) is 12.2 Å². The summed E-state index contributed by atoms with van der Waals surface area (Å²) >= 11 is 5.13. The molecule has 2 aromatic heterocycles. The van der Waals surface area contributed by atoms with E-state index < -0.39 is 0 Å². The van der Waals surface area contributed by atoms with Crippen LogP contribution < -0.4 is 0 Å². The predicted octanol–water partition coefficient (Wildman–Crippen LogP) is 2.61. The Kier molecular flexibility index (Phi) is 2.07. The summed E-state index contributed by atoms with van der Waals surface area (Å²) < 4.78 is 0.732. The smallest absolute Gasteiger partial charge is 0.157 e. The number of fused-ring (bicyclic) bond motifs is 1. The normalized spacial score (nSPS) is 10.8. The minimum absolute atomic E-state index is 0.732. The van der Waals surface area contributed by atoms with E-state index in [1.165, 1.54) is 0 Å². The second-order valence-electron chi connectivity index (χ2n) is 3.41. The van der Waals surface area contributed by atoms with Crippen molar-refractivity contribution < 1.29 is 0 Å². The summed E-state index contributed by atoms with van der Waals surface area (Å²) in [5.74, 6) is 0. The van der Waals surface area contributed by atoms with Crippen molar-refractivity contribution in [2.45, 2.75) is 20.8 Å². The Hall–Kier alpha value is -1.29. The van der Waals surface area contributed by atoms with Crippen LogP contribution in [0.5, 0.6) is 0 Å². The number of pyridine rings is 1. The Morgan fingerprint density at radius 2 is 1.79 bits per heavy atom. The average molecular weight is 205 g/mol. The van der Waals surface area contributed by atoms with Gasteiger partial charge in [0.2, 0.25) is 0 Å². The summed E-state index contributed by atoms with van der Waals surface area (Å²) in [5.41, 5.74) is 4.57. The molecule has 0 saturated carbocycles. The summed E-state index contributed by atoms with van der Waals surface area (Å²) in [6.07, 6.45) is 0. The van der Waals surface area contributed by atoms with Crippen LogP contribution in [0.2, 0.25) is 0 Å². The average Bonchev–Trinajstić information content (AvgIpc) is 2.11. The van der Waals surface area contributed by atoms with E-state index in [1.54, 1.807) is 0 Å². The van der Waals surface area contributed by atoms with Gasteiger partial charge in [-0.25, -0.2) is 9.97 Å². The van der Waals surface area contributed by atoms with Crippen LogP contribution in [0.15, 0.2) is 6.07 Å². The predicted molar refractivity (Wildman–Crippen MR) is 58.9 cm³/mol. The lowest BCUT2D eigenvalue weighted by Crippen LogP contribution is -1.96. The number of nitrogens with one attached hydrogen (secondary N) is 1. The van der Waals surface area contributed by atoms with Gasteiger partial charge in [-0.3, -0.25) is 0 Å². The van der Waals surface area contributed by atoms with E-state index in [1.807, 2.05) is 26.8 Å². The van der Waals surface area contributed by atoms with Gasteiger partial charge >= 0.3 is 0 Å². The third kappa shape index (κ3) is 1.42. The molecule has 0 bridgehead atoms. The van der Waals surface area contributed by atoms with Gasteiger partial charge in [-0.05, 0) is 32.4 Å². The molecule has 0 aliphatic carbocycles. The second kappa shape index (κ2) is 3.13. The molecule has 2 aromatic rings. The molecule has 4 heteroatoms. The number of hydrogen-bond acceptors (Lipinski definition) is 3. The van der Waals surface area contributed by atoms with Gasteiger partial charge in [-0.2, -0.15) is 0 Å². The summed E-state index contributed by atoms with van der Waals surface area (Å²) in [6.45, 7) is 5.87. The van der Waals surface area contributed by atoms with Crippen molar-refractivity contribution in [3.8, 4) is 0 Å². The van der Waals surface area contributed by atoms with Gasteiger partial charge in [0.25, 0.3) is 0 Å². The van der Waals surface area contributed by atoms with Crippen LogP contribution in [0.1, 0.15) is 17.0 Å². The summed E-state index contributed by atoms with van der Waals surface area (Å²) in [5, 5.41) is 0. The third-order valence-corrected chi connectivity index (χ3v) is 2.70. The number of aromatic amines is 1. The van der Waals surface area contributed by atoms with Crippen LogP contribution in [-0.2, 0) is 0 Å². The molecule has 3 nitrogen and oxygen atoms in total. The molecule has 2 rings (SSSR count). The topological polar surface area (TPSA) is 41.6 Å². The first-order valence-corrected chi connectivity index (χ1v) is 4.83. The van der Waals surface area contributed by atoms with Crippen molar-refractivity contribution in [3.63, 3.8) is 0 Å². The van der Waals surface area contributed by atoms with Crippen molar-refractivity contribution in [1.82, 2.24) is 15.0 Å². The second-order valence-corrected chi connectivity index (χ2v) is 3.82. The van der Waals surface area contributed by atoms with Crippen molar-refractivity contribution in [1.29, 1.82) is 0 Å². The zero-order valence-electron chi connectivity index (χ0n) is 8.38. The van der Waals surface area contributed by atoms with Crippen LogP contribution in [0.3, 0.4) is 0 Å². The van der Waals surface area contributed by atoms with Crippen molar-refractivity contribution >= 4 is 23.4 Å². The molecule has 0 atom stereocenters. The lowest BCUT2D eigenvalue weighted by Gasteiger charge is -2.03. The SMILES string of the molecule is Cc1nc2cc(C)c(=S)[nH]c2nc1C. The van der Waals surface area contributed by atoms with E-state index >= 15 is 0 Å². The van der Waals surface area contributed by atoms with Crippen molar-refractivity contribution in [2.75, 3.05) is 0 Å². The molecule has 0 radical (unpaired) electrons. The van der Waals surface area contributed by atoms with Crippen LogP contribution in [0, 0.1) is 25.4 Å². The Labute approximate surface area is 87.2 Å². The van der Waals surface area contributed by atoms with E-state index in [0.29, 0.717) is 0 Å². The molecule has 0 aromatic carbocycles. The highest BCUT2D eigenvalue weighted by atomic mass is 32.1. The van der Waals surface area contributed by atoms with Gasteiger partial charge in [0.1, 0.15) is 10.2 Å². The molecule has 72 valence electrons. The van der Waals surface area contributed by atoms with Crippen LogP contribution >= 0.6 is 12.2 Å². The fourth-order valence-corrected chi connectivity index (χ4v) is 1.45. The zero-order valence-corrected chi connectivity index (χ0v) is 9.20. The molecule has 14 heavy (non-hydrogen) atoms. The fraction of sp³-hybridized carbons (Fsp3) is 0.300. The molecule has 0 aliphatic rings. The monoisotopic (exact) mass is 205 g/mol. The number of rotatable bonds is 0. The maximum atomic E-state index is 5.13. The van der Waals surface area contributed by atoms with Gasteiger partial charge < -0.3 is 4.98 Å². The maximum Gasteiger partial charge on any atom is 0.157 e. The van der Waals surface area contributed by atoms with E-state index in [9.17, 15) is 0 Å². The van der Waals surface area contributed by atoms with E-state index in [2.05, 4.69) is 15.0 Å². The first kappa shape index (κ1) is 9.27. The first-order chi connectivity index (χ1) is 6.58. The number of hydrogen-bond donors (Lipinski definition) is 1. The summed E-state index contributed by atoms with van der Waals surface area (Å²) in [7, 11) is 0. The van der Waals surface area contributed by atoms with Gasteiger partial charge in [0.05, 0.1) is 11.4 Å². The van der Waals surface area contributed by atoms with Gasteiger partial charge in [0.15, 0.2) is 5.65 Å². The molecule has 0 fully saturated rings. The highest BCUT2D eigenvalue weighted by Gasteiger charge is 2.02. The van der Waals surface area contributed by atoms with Crippen LogP contribution in [-0.4, -0.2) is 15.0 Å². The minimum atomic E-state index is 0.732. The largest absolute Gasteiger partial charge is 0.329 e. The number of nitrogens with zero attached hydrogens (tertiary/aromatic N) is 2. The number of H-pyrrole nitrogens is 1. The quantitative estimate of drug-likeness (QED) is 0.672. The van der Waals surface area contributed by atoms with Gasteiger partial charge in [0, 0.05) is 0 Å². The minimum Gasteiger partial charge on any atom is -0.329 e. The van der Waals surface area contributed by atoms with Crippen LogP contribution in [0.25, 0.3) is 11.2 Å². The molecule has 0 aliphatic heterocycles. The fourth-order valence-electron chi connectivity index (χ4n) is 1.29. The summed E-state index contributed by atoms with van der Waals surface area (Å²) in [4.78, 5) is 11.9. The van der Waals surface area contributed by atoms with E-state index in [0.717, 1.165) is 32.8 Å². The van der Waals surface area contributed by atoms with Crippen molar-refractivity contribution in [2.24, 2.45) is 0 Å². The maximum absolute atomic E-state index is 5.13. The molecular weight excluding hydrogens is 194 g/mol. The lowest BCUT2D eigenvalue weighted by atomic mass is 10.3. The standard InChI is InChI=1S/C10H11N3S/c1-5-4-8-9(13-10(5)14)12-7(3)6(2)11-8/h4H,1-3H3,(H,12,13,14). The van der Waals surface area contributed by atoms with Crippen molar-refractivity contribution in [3.05, 3.63) is 27.7 Å².